The van der Waals surface area contributed by atoms with Crippen LogP contribution in [-0.4, -0.2) is 54.4 Å². The molecule has 5 heteroatoms. The number of halogens is 1. The monoisotopic (exact) mass is 282 g/mol. The molecular weight excluding hydrogens is 259 g/mol. The average Bonchev–Trinajstić information content (AvgIpc) is 2.68. The van der Waals surface area contributed by atoms with Gasteiger partial charge in [0.25, 0.3) is 0 Å². The van der Waals surface area contributed by atoms with E-state index in [-0.39, 0.29) is 11.9 Å². The van der Waals surface area contributed by atoms with E-state index in [0.29, 0.717) is 24.2 Å². The van der Waals surface area contributed by atoms with Gasteiger partial charge in [0, 0.05) is 24.7 Å². The molecule has 0 amide bonds. The third-order valence-corrected chi connectivity index (χ3v) is 3.72. The van der Waals surface area contributed by atoms with Crippen LogP contribution in [0.5, 0.6) is 0 Å². The van der Waals surface area contributed by atoms with Gasteiger partial charge in [0.2, 0.25) is 0 Å². The molecule has 4 nitrogen and oxygen atoms in total. The molecule has 2 rings (SSSR count). The van der Waals surface area contributed by atoms with E-state index in [1.54, 1.807) is 19.1 Å². The molecule has 1 fully saturated rings. The Morgan fingerprint density at radius 3 is 2.75 bits per heavy atom. The maximum atomic E-state index is 14.3. The number of β-amino-alcohol motifs (C(OH)–C–C–N with tert-alkyl or cyclic N) is 1. The first-order chi connectivity index (χ1) is 9.40. The van der Waals surface area contributed by atoms with Crippen molar-refractivity contribution < 1.29 is 14.6 Å². The summed E-state index contributed by atoms with van der Waals surface area (Å²) in [5.74, 6) is -0.346. The lowest BCUT2D eigenvalue weighted by Gasteiger charge is -2.31. The molecule has 0 aliphatic carbocycles. The molecule has 1 aliphatic heterocycles. The lowest BCUT2D eigenvalue weighted by Crippen LogP contribution is -2.38. The van der Waals surface area contributed by atoms with Crippen molar-refractivity contribution in [3.63, 3.8) is 0 Å². The first-order valence-electron chi connectivity index (χ1n) is 6.96. The standard InChI is InChI=1S/C15H23FN2O2/c1-10(19)13-5-4-6-14(16)15(13)18-9-12(20)7-11(18)8-17(2)3/h4-6,10-12,19-20H,7-9H2,1-3H3/t10-,11?,12?/m0/s1. The van der Waals surface area contributed by atoms with Gasteiger partial charge in [0.1, 0.15) is 5.82 Å². The van der Waals surface area contributed by atoms with E-state index in [4.69, 9.17) is 0 Å². The molecule has 0 radical (unpaired) electrons. The Kier molecular flexibility index (Phi) is 4.62. The van der Waals surface area contributed by atoms with Crippen molar-refractivity contribution in [2.75, 3.05) is 32.1 Å². The normalized spacial score (nSPS) is 24.4. The lowest BCUT2D eigenvalue weighted by molar-refractivity contribution is 0.191. The number of aliphatic hydroxyl groups excluding tert-OH is 2. The van der Waals surface area contributed by atoms with Crippen LogP contribution in [0, 0.1) is 5.82 Å². The fourth-order valence-corrected chi connectivity index (χ4v) is 2.93. The number of benzene rings is 1. The summed E-state index contributed by atoms with van der Waals surface area (Å²) < 4.78 is 14.3. The van der Waals surface area contributed by atoms with Crippen LogP contribution in [0.1, 0.15) is 25.0 Å². The Morgan fingerprint density at radius 2 is 2.15 bits per heavy atom. The van der Waals surface area contributed by atoms with Gasteiger partial charge in [-0.3, -0.25) is 0 Å². The zero-order valence-electron chi connectivity index (χ0n) is 12.3. The number of aliphatic hydroxyl groups is 2. The Bertz CT molecular complexity index is 465. The van der Waals surface area contributed by atoms with Gasteiger partial charge in [0.15, 0.2) is 0 Å². The van der Waals surface area contributed by atoms with Crippen molar-refractivity contribution in [2.45, 2.75) is 31.6 Å². The van der Waals surface area contributed by atoms with Gasteiger partial charge in [-0.2, -0.15) is 0 Å². The smallest absolute Gasteiger partial charge is 0.146 e. The van der Waals surface area contributed by atoms with E-state index in [1.165, 1.54) is 6.07 Å². The van der Waals surface area contributed by atoms with Crippen molar-refractivity contribution in [3.05, 3.63) is 29.6 Å². The summed E-state index contributed by atoms with van der Waals surface area (Å²) in [7, 11) is 3.92. The highest BCUT2D eigenvalue weighted by Gasteiger charge is 2.34. The molecule has 112 valence electrons. The van der Waals surface area contributed by atoms with Crippen molar-refractivity contribution in [1.82, 2.24) is 4.90 Å². The van der Waals surface area contributed by atoms with E-state index < -0.39 is 12.2 Å². The van der Waals surface area contributed by atoms with E-state index in [0.717, 1.165) is 6.54 Å². The third-order valence-electron chi connectivity index (χ3n) is 3.72. The minimum absolute atomic E-state index is 0.0504. The average molecular weight is 282 g/mol. The highest BCUT2D eigenvalue weighted by molar-refractivity contribution is 5.57. The zero-order chi connectivity index (χ0) is 14.9. The van der Waals surface area contributed by atoms with E-state index in [1.807, 2.05) is 23.9 Å². The number of hydrogen-bond donors (Lipinski definition) is 2. The summed E-state index contributed by atoms with van der Waals surface area (Å²) in [6.45, 7) is 2.77. The molecule has 1 heterocycles. The quantitative estimate of drug-likeness (QED) is 0.876. The Hall–Kier alpha value is -1.17. The van der Waals surface area contributed by atoms with Crippen molar-refractivity contribution in [1.29, 1.82) is 0 Å². The maximum Gasteiger partial charge on any atom is 0.146 e. The fourth-order valence-electron chi connectivity index (χ4n) is 2.93. The van der Waals surface area contributed by atoms with Crippen LogP contribution >= 0.6 is 0 Å². The summed E-state index contributed by atoms with van der Waals surface area (Å²) in [5, 5.41) is 19.8. The highest BCUT2D eigenvalue weighted by atomic mass is 19.1. The van der Waals surface area contributed by atoms with Gasteiger partial charge in [-0.1, -0.05) is 12.1 Å². The van der Waals surface area contributed by atoms with Crippen molar-refractivity contribution in [2.24, 2.45) is 0 Å². The lowest BCUT2D eigenvalue weighted by atomic mass is 10.1. The van der Waals surface area contributed by atoms with E-state index >= 15 is 0 Å². The summed E-state index contributed by atoms with van der Waals surface area (Å²) in [6.07, 6.45) is -0.578. The Morgan fingerprint density at radius 1 is 1.45 bits per heavy atom. The molecule has 2 N–H and O–H groups in total. The fraction of sp³-hybridized carbons (Fsp3) is 0.600. The molecular formula is C15H23FN2O2. The predicted molar refractivity (Wildman–Crippen MR) is 77.3 cm³/mol. The second-order valence-electron chi connectivity index (χ2n) is 5.81. The number of para-hydroxylation sites is 1. The van der Waals surface area contributed by atoms with Crippen LogP contribution in [0.25, 0.3) is 0 Å². The first-order valence-corrected chi connectivity index (χ1v) is 6.96. The summed E-state index contributed by atoms with van der Waals surface area (Å²) in [5.41, 5.74) is 0.994. The SMILES string of the molecule is C[C@H](O)c1cccc(F)c1N1CC(O)CC1CN(C)C. The topological polar surface area (TPSA) is 46.9 Å². The van der Waals surface area contributed by atoms with Crippen LogP contribution in [0.4, 0.5) is 10.1 Å². The Balaban J connectivity index is 2.38. The molecule has 1 aromatic carbocycles. The van der Waals surface area contributed by atoms with Crippen LogP contribution in [0.15, 0.2) is 18.2 Å². The molecule has 0 saturated carbocycles. The molecule has 1 aliphatic rings. The largest absolute Gasteiger partial charge is 0.391 e. The van der Waals surface area contributed by atoms with E-state index in [9.17, 15) is 14.6 Å². The van der Waals surface area contributed by atoms with Crippen molar-refractivity contribution in [3.8, 4) is 0 Å². The van der Waals surface area contributed by atoms with Gasteiger partial charge < -0.3 is 20.0 Å². The zero-order valence-corrected chi connectivity index (χ0v) is 12.3. The number of likely N-dealkylation sites (N-methyl/N-ethyl adjacent to an activating group) is 1. The molecule has 20 heavy (non-hydrogen) atoms. The van der Waals surface area contributed by atoms with Gasteiger partial charge in [0.05, 0.1) is 17.9 Å². The van der Waals surface area contributed by atoms with Crippen molar-refractivity contribution >= 4 is 5.69 Å². The van der Waals surface area contributed by atoms with Crippen LogP contribution in [0.2, 0.25) is 0 Å². The van der Waals surface area contributed by atoms with Gasteiger partial charge in [-0.05, 0) is 33.5 Å². The van der Waals surface area contributed by atoms with Gasteiger partial charge >= 0.3 is 0 Å². The number of nitrogens with zero attached hydrogens (tertiary/aromatic N) is 2. The molecule has 0 bridgehead atoms. The molecule has 0 spiro atoms. The molecule has 1 aromatic rings. The number of rotatable bonds is 4. The van der Waals surface area contributed by atoms with Crippen LogP contribution in [0.3, 0.4) is 0 Å². The molecule has 2 unspecified atom stereocenters. The maximum absolute atomic E-state index is 14.3. The highest BCUT2D eigenvalue weighted by Crippen LogP contribution is 2.34. The van der Waals surface area contributed by atoms with E-state index in [2.05, 4.69) is 0 Å². The molecule has 0 aromatic heterocycles. The molecule has 3 atom stereocenters. The minimum Gasteiger partial charge on any atom is -0.391 e. The summed E-state index contributed by atoms with van der Waals surface area (Å²) in [4.78, 5) is 3.92. The third kappa shape index (κ3) is 3.11. The Labute approximate surface area is 119 Å². The molecule has 1 saturated heterocycles. The second kappa shape index (κ2) is 6.08. The second-order valence-corrected chi connectivity index (χ2v) is 5.81. The minimum atomic E-state index is -0.738. The van der Waals surface area contributed by atoms with Gasteiger partial charge in [-0.25, -0.2) is 4.39 Å². The summed E-state index contributed by atoms with van der Waals surface area (Å²) >= 11 is 0. The van der Waals surface area contributed by atoms with Gasteiger partial charge in [-0.15, -0.1) is 0 Å². The number of anilines is 1. The first kappa shape index (κ1) is 15.2. The van der Waals surface area contributed by atoms with Crippen LogP contribution in [-0.2, 0) is 0 Å². The van der Waals surface area contributed by atoms with Crippen LogP contribution < -0.4 is 4.90 Å². The number of hydrogen-bond acceptors (Lipinski definition) is 4. The predicted octanol–water partition coefficient (Wildman–Crippen LogP) is 1.38. The summed E-state index contributed by atoms with van der Waals surface area (Å²) in [6, 6.07) is 4.79.